The van der Waals surface area contributed by atoms with E-state index in [2.05, 4.69) is 26.0 Å². The molecule has 21 heavy (non-hydrogen) atoms. The van der Waals surface area contributed by atoms with Crippen LogP contribution in [0.25, 0.3) is 0 Å². The predicted molar refractivity (Wildman–Crippen MR) is 84.0 cm³/mol. The smallest absolute Gasteiger partial charge is 0.243 e. The van der Waals surface area contributed by atoms with Crippen molar-refractivity contribution in [2.24, 2.45) is 5.92 Å². The van der Waals surface area contributed by atoms with Crippen LogP contribution in [0.4, 0.5) is 4.39 Å². The molecule has 0 aliphatic heterocycles. The third kappa shape index (κ3) is 4.25. The number of hydrogen-bond acceptors (Lipinski definition) is 3. The summed E-state index contributed by atoms with van der Waals surface area (Å²) in [5.41, 5.74) is 0.339. The van der Waals surface area contributed by atoms with Crippen LogP contribution in [0, 0.1) is 11.7 Å². The Labute approximate surface area is 133 Å². The van der Waals surface area contributed by atoms with Gasteiger partial charge >= 0.3 is 0 Å². The summed E-state index contributed by atoms with van der Waals surface area (Å²) in [7, 11) is -3.85. The molecule has 1 aliphatic carbocycles. The van der Waals surface area contributed by atoms with E-state index in [1.54, 1.807) is 6.07 Å². The molecule has 7 heteroatoms. The van der Waals surface area contributed by atoms with Gasteiger partial charge in [0.15, 0.2) is 0 Å². The zero-order valence-electron chi connectivity index (χ0n) is 12.1. The molecular weight excluding hydrogens is 359 g/mol. The number of hydrogen-bond donors (Lipinski definition) is 2. The van der Waals surface area contributed by atoms with Gasteiger partial charge in [-0.2, -0.15) is 0 Å². The van der Waals surface area contributed by atoms with Crippen LogP contribution in [-0.2, 0) is 16.6 Å². The van der Waals surface area contributed by atoms with E-state index in [9.17, 15) is 12.8 Å². The number of rotatable bonds is 7. The van der Waals surface area contributed by atoms with E-state index in [0.717, 1.165) is 12.8 Å². The maximum Gasteiger partial charge on any atom is 0.243 e. The number of sulfonamides is 1. The zero-order valence-corrected chi connectivity index (χ0v) is 14.5. The molecule has 1 aromatic rings. The fraction of sp³-hybridized carbons (Fsp3) is 0.571. The lowest BCUT2D eigenvalue weighted by Crippen LogP contribution is -2.34. The summed E-state index contributed by atoms with van der Waals surface area (Å²) in [6.45, 7) is 4.71. The largest absolute Gasteiger partial charge is 0.313 e. The maximum atomic E-state index is 14.5. The number of nitrogens with one attached hydrogen (secondary N) is 2. The highest BCUT2D eigenvalue weighted by Crippen LogP contribution is 2.33. The third-order valence-electron chi connectivity index (χ3n) is 3.60. The van der Waals surface area contributed by atoms with Crippen LogP contribution < -0.4 is 10.0 Å². The minimum absolute atomic E-state index is 0.161. The van der Waals surface area contributed by atoms with Gasteiger partial charge in [-0.05, 0) is 44.4 Å². The second kappa shape index (κ2) is 6.73. The standard InChI is InChI=1S/C14H20BrFN2O2S/c1-3-17-8-11-6-12(15)7-13(14(11)16)21(19,20)18-9(2)10-4-5-10/h6-7,9-10,17-18H,3-5,8H2,1-2H3. The van der Waals surface area contributed by atoms with Crippen LogP contribution in [-0.4, -0.2) is 21.0 Å². The highest BCUT2D eigenvalue weighted by atomic mass is 79.9. The van der Waals surface area contributed by atoms with Gasteiger partial charge in [-0.3, -0.25) is 0 Å². The van der Waals surface area contributed by atoms with Crippen LogP contribution in [0.15, 0.2) is 21.5 Å². The van der Waals surface area contributed by atoms with E-state index < -0.39 is 15.8 Å². The Morgan fingerprint density at radius 2 is 2.10 bits per heavy atom. The average molecular weight is 379 g/mol. The van der Waals surface area contributed by atoms with Crippen molar-refractivity contribution in [1.29, 1.82) is 0 Å². The summed E-state index contributed by atoms with van der Waals surface area (Å²) < 4.78 is 42.4. The zero-order chi connectivity index (χ0) is 15.6. The molecule has 1 aliphatic rings. The van der Waals surface area contributed by atoms with Crippen LogP contribution in [0.1, 0.15) is 32.3 Å². The summed E-state index contributed by atoms with van der Waals surface area (Å²) >= 11 is 3.25. The molecule has 2 rings (SSSR count). The molecule has 118 valence electrons. The first kappa shape index (κ1) is 16.9. The second-order valence-corrected chi connectivity index (χ2v) is 8.00. The lowest BCUT2D eigenvalue weighted by Gasteiger charge is -2.15. The first-order chi connectivity index (χ1) is 9.85. The molecule has 1 fully saturated rings. The minimum Gasteiger partial charge on any atom is -0.313 e. The molecule has 1 aromatic carbocycles. The van der Waals surface area contributed by atoms with E-state index in [4.69, 9.17) is 0 Å². The van der Waals surface area contributed by atoms with Gasteiger partial charge in [0.25, 0.3) is 0 Å². The van der Waals surface area contributed by atoms with Crippen molar-refractivity contribution >= 4 is 26.0 Å². The van der Waals surface area contributed by atoms with Crippen LogP contribution in [0.5, 0.6) is 0 Å². The molecule has 0 spiro atoms. The van der Waals surface area contributed by atoms with Gasteiger partial charge in [0.05, 0.1) is 0 Å². The van der Waals surface area contributed by atoms with Gasteiger partial charge in [0.1, 0.15) is 10.7 Å². The molecule has 1 atom stereocenters. The van der Waals surface area contributed by atoms with Crippen molar-refractivity contribution in [2.45, 2.75) is 44.2 Å². The van der Waals surface area contributed by atoms with E-state index in [0.29, 0.717) is 29.0 Å². The monoisotopic (exact) mass is 378 g/mol. The minimum atomic E-state index is -3.85. The van der Waals surface area contributed by atoms with Gasteiger partial charge < -0.3 is 5.32 Å². The Hall–Kier alpha value is -0.500. The Balaban J connectivity index is 2.30. The quantitative estimate of drug-likeness (QED) is 0.766. The van der Waals surface area contributed by atoms with Gasteiger partial charge in [-0.1, -0.05) is 22.9 Å². The summed E-state index contributed by atoms with van der Waals surface area (Å²) in [6.07, 6.45) is 2.05. The van der Waals surface area contributed by atoms with Gasteiger partial charge in [0.2, 0.25) is 10.0 Å². The van der Waals surface area contributed by atoms with Crippen molar-refractivity contribution in [3.05, 3.63) is 28.0 Å². The fourth-order valence-corrected chi connectivity index (χ4v) is 4.32. The number of halogens is 2. The van der Waals surface area contributed by atoms with Gasteiger partial charge in [-0.25, -0.2) is 17.5 Å². The molecule has 0 bridgehead atoms. The SMILES string of the molecule is CCNCc1cc(Br)cc(S(=O)(=O)NC(C)C2CC2)c1F. The molecular formula is C14H20BrFN2O2S. The summed E-state index contributed by atoms with van der Waals surface area (Å²) in [6, 6.07) is 2.75. The van der Waals surface area contributed by atoms with Crippen LogP contribution >= 0.6 is 15.9 Å². The van der Waals surface area contributed by atoms with Crippen molar-refractivity contribution in [1.82, 2.24) is 10.0 Å². The molecule has 0 saturated heterocycles. The van der Waals surface area contributed by atoms with Crippen molar-refractivity contribution in [2.75, 3.05) is 6.54 Å². The van der Waals surface area contributed by atoms with Crippen molar-refractivity contribution in [3.63, 3.8) is 0 Å². The van der Waals surface area contributed by atoms with Gasteiger partial charge in [0, 0.05) is 22.6 Å². The normalized spacial score (nSPS) is 17.0. The Morgan fingerprint density at radius 3 is 2.67 bits per heavy atom. The van der Waals surface area contributed by atoms with E-state index in [1.165, 1.54) is 6.07 Å². The number of benzene rings is 1. The summed E-state index contributed by atoms with van der Waals surface area (Å²) in [4.78, 5) is -0.294. The molecule has 2 N–H and O–H groups in total. The third-order valence-corrected chi connectivity index (χ3v) is 5.62. The highest BCUT2D eigenvalue weighted by Gasteiger charge is 2.32. The van der Waals surface area contributed by atoms with Gasteiger partial charge in [-0.15, -0.1) is 0 Å². The molecule has 1 unspecified atom stereocenters. The molecule has 0 aromatic heterocycles. The van der Waals surface area contributed by atoms with E-state index >= 15 is 0 Å². The maximum absolute atomic E-state index is 14.5. The molecule has 1 saturated carbocycles. The van der Waals surface area contributed by atoms with Crippen molar-refractivity contribution < 1.29 is 12.8 Å². The van der Waals surface area contributed by atoms with Crippen LogP contribution in [0.2, 0.25) is 0 Å². The van der Waals surface area contributed by atoms with E-state index in [-0.39, 0.29) is 10.9 Å². The van der Waals surface area contributed by atoms with Crippen molar-refractivity contribution in [3.8, 4) is 0 Å². The fourth-order valence-electron chi connectivity index (χ4n) is 2.20. The molecule has 4 nitrogen and oxygen atoms in total. The molecule has 0 amide bonds. The second-order valence-electron chi connectivity index (χ2n) is 5.40. The first-order valence-electron chi connectivity index (χ1n) is 7.06. The Morgan fingerprint density at radius 1 is 1.43 bits per heavy atom. The molecule has 0 heterocycles. The Bertz CT molecular complexity index is 618. The molecule has 0 radical (unpaired) electrons. The Kier molecular flexibility index (Phi) is 5.40. The summed E-state index contributed by atoms with van der Waals surface area (Å²) in [5, 5.41) is 3.00. The van der Waals surface area contributed by atoms with Crippen LogP contribution in [0.3, 0.4) is 0 Å². The van der Waals surface area contributed by atoms with E-state index in [1.807, 2.05) is 13.8 Å². The average Bonchev–Trinajstić information content (AvgIpc) is 3.23. The highest BCUT2D eigenvalue weighted by molar-refractivity contribution is 9.10. The topological polar surface area (TPSA) is 58.2 Å². The predicted octanol–water partition coefficient (Wildman–Crippen LogP) is 2.77. The lowest BCUT2D eigenvalue weighted by atomic mass is 10.2. The first-order valence-corrected chi connectivity index (χ1v) is 9.33. The summed E-state index contributed by atoms with van der Waals surface area (Å²) in [5.74, 6) is -0.314. The lowest BCUT2D eigenvalue weighted by molar-refractivity contribution is 0.521.